The molecule has 0 aromatic carbocycles. The lowest BCUT2D eigenvalue weighted by Crippen LogP contribution is -2.74. The fraction of sp³-hybridized carbons (Fsp3) is 0.286. The molecule has 8 nitrogen and oxygen atoms in total. The number of thioether (sulfide) groups is 1. The Hall–Kier alpha value is -2.55. The summed E-state index contributed by atoms with van der Waals surface area (Å²) in [5.41, 5.74) is 0.0208. The van der Waals surface area contributed by atoms with Crippen LogP contribution in [0, 0.1) is 0 Å². The lowest BCUT2D eigenvalue weighted by Gasteiger charge is -2.50. The van der Waals surface area contributed by atoms with Crippen LogP contribution in [0.25, 0.3) is 0 Å². The minimum absolute atomic E-state index is 0.00798. The average molecular weight is 336 g/mol. The molecule has 1 fully saturated rings. The van der Waals surface area contributed by atoms with Gasteiger partial charge in [0.1, 0.15) is 23.5 Å². The molecule has 2 amide bonds. The first-order valence-corrected chi connectivity index (χ1v) is 7.64. The molecule has 1 aromatic rings. The number of nitrogens with one attached hydrogen (secondary N) is 1. The van der Waals surface area contributed by atoms with Crippen LogP contribution >= 0.6 is 11.8 Å². The van der Waals surface area contributed by atoms with Crippen molar-refractivity contribution in [1.82, 2.24) is 10.2 Å². The van der Waals surface area contributed by atoms with E-state index in [1.54, 1.807) is 12.1 Å². The lowest BCUT2D eigenvalue weighted by molar-refractivity contribution is -0.160. The topological polar surface area (TPSA) is 117 Å². The van der Waals surface area contributed by atoms with E-state index in [-0.39, 0.29) is 12.0 Å². The number of carboxylic acids is 1. The van der Waals surface area contributed by atoms with Gasteiger partial charge in [0.25, 0.3) is 0 Å². The van der Waals surface area contributed by atoms with Crippen LogP contribution in [0.4, 0.5) is 0 Å². The van der Waals surface area contributed by atoms with Crippen LogP contribution < -0.4 is 5.32 Å². The number of hydrogen-bond acceptors (Lipinski definition) is 6. The van der Waals surface area contributed by atoms with Gasteiger partial charge in [0.05, 0.1) is 12.7 Å². The quantitative estimate of drug-likeness (QED) is 0.563. The van der Waals surface area contributed by atoms with Crippen LogP contribution in [0.3, 0.4) is 0 Å². The van der Waals surface area contributed by atoms with Crippen molar-refractivity contribution in [3.8, 4) is 0 Å². The molecule has 2 aliphatic rings. The molecule has 1 saturated heterocycles. The second kappa shape index (κ2) is 5.92. The predicted octanol–water partition coefficient (Wildman–Crippen LogP) is -0.242. The molecule has 0 aliphatic carbocycles. The summed E-state index contributed by atoms with van der Waals surface area (Å²) >= 11 is 1.14. The van der Waals surface area contributed by atoms with Gasteiger partial charge >= 0.3 is 5.97 Å². The Balaban J connectivity index is 1.69. The molecule has 0 saturated carbocycles. The van der Waals surface area contributed by atoms with Gasteiger partial charge in [-0.3, -0.25) is 14.4 Å². The van der Waals surface area contributed by atoms with E-state index in [0.29, 0.717) is 12.0 Å². The van der Waals surface area contributed by atoms with Gasteiger partial charge in [-0.2, -0.15) is 0 Å². The second-order valence-corrected chi connectivity index (χ2v) is 6.04. The standard InChI is InChI=1S/C14H12N2O6S/c17-5-7-6-23-13-10(12(19)16(13)11(7)14(20)21)15-9(18)4-8-2-1-3-22-8/h1-3,5-6,10-11,13H,4H2,(H,15,18)(H,20,21)/t10?,11?,13-/m1/s1. The monoisotopic (exact) mass is 336 g/mol. The summed E-state index contributed by atoms with van der Waals surface area (Å²) in [6, 6.07) is 1.18. The molecule has 0 bridgehead atoms. The number of carbonyl (C=O) groups excluding carboxylic acids is 3. The van der Waals surface area contributed by atoms with Gasteiger partial charge in [-0.15, -0.1) is 11.8 Å². The number of amides is 2. The molecule has 0 radical (unpaired) electrons. The summed E-state index contributed by atoms with van der Waals surface area (Å²) in [6.45, 7) is 0. The Morgan fingerprint density at radius 3 is 2.87 bits per heavy atom. The molecule has 3 atom stereocenters. The van der Waals surface area contributed by atoms with Crippen LogP contribution in [0.2, 0.25) is 0 Å². The number of nitrogens with zero attached hydrogens (tertiary/aromatic N) is 1. The van der Waals surface area contributed by atoms with E-state index >= 15 is 0 Å². The number of carboxylic acid groups (broad SMARTS) is 1. The maximum atomic E-state index is 12.2. The first-order valence-electron chi connectivity index (χ1n) is 6.70. The van der Waals surface area contributed by atoms with E-state index in [1.807, 2.05) is 0 Å². The van der Waals surface area contributed by atoms with Crippen molar-refractivity contribution >= 4 is 35.8 Å². The molecule has 23 heavy (non-hydrogen) atoms. The molecule has 9 heteroatoms. The normalized spacial score (nSPS) is 25.9. The van der Waals surface area contributed by atoms with Crippen LogP contribution in [0.15, 0.2) is 33.8 Å². The zero-order valence-corrected chi connectivity index (χ0v) is 12.5. The first kappa shape index (κ1) is 15.3. The van der Waals surface area contributed by atoms with Gasteiger partial charge in [-0.1, -0.05) is 0 Å². The molecule has 1 aromatic heterocycles. The third-order valence-electron chi connectivity index (χ3n) is 3.62. The van der Waals surface area contributed by atoms with Crippen molar-refractivity contribution in [2.75, 3.05) is 0 Å². The molecule has 2 N–H and O–H groups in total. The Labute approximate surface area is 134 Å². The number of aliphatic carboxylic acids is 1. The zero-order chi connectivity index (χ0) is 16.6. The van der Waals surface area contributed by atoms with Crippen LogP contribution in [-0.2, 0) is 25.6 Å². The van der Waals surface area contributed by atoms with Crippen molar-refractivity contribution in [2.24, 2.45) is 0 Å². The fourth-order valence-electron chi connectivity index (χ4n) is 2.56. The predicted molar refractivity (Wildman–Crippen MR) is 78.1 cm³/mol. The minimum atomic E-state index is -1.30. The molecule has 3 heterocycles. The number of carbonyl (C=O) groups is 4. The molecule has 2 unspecified atom stereocenters. The third kappa shape index (κ3) is 2.63. The highest BCUT2D eigenvalue weighted by molar-refractivity contribution is 8.03. The number of rotatable bonds is 5. The van der Waals surface area contributed by atoms with Crippen molar-refractivity contribution in [1.29, 1.82) is 0 Å². The van der Waals surface area contributed by atoms with Crippen LogP contribution in [-0.4, -0.2) is 51.5 Å². The van der Waals surface area contributed by atoms with Crippen molar-refractivity contribution in [2.45, 2.75) is 23.9 Å². The minimum Gasteiger partial charge on any atom is -0.479 e. The van der Waals surface area contributed by atoms with Gasteiger partial charge in [0.15, 0.2) is 6.04 Å². The molecular weight excluding hydrogens is 324 g/mol. The number of fused-ring (bicyclic) bond motifs is 1. The molecule has 2 aliphatic heterocycles. The highest BCUT2D eigenvalue weighted by atomic mass is 32.2. The van der Waals surface area contributed by atoms with Gasteiger partial charge in [0, 0.05) is 5.57 Å². The SMILES string of the molecule is O=CC1=CS[C@@H]2C(NC(=O)Cc3ccco3)C(=O)N2C1C(=O)O. The Bertz CT molecular complexity index is 698. The Kier molecular flexibility index (Phi) is 3.95. The smallest absolute Gasteiger partial charge is 0.331 e. The fourth-order valence-corrected chi connectivity index (χ4v) is 3.74. The summed E-state index contributed by atoms with van der Waals surface area (Å²) in [4.78, 5) is 47.4. The molecule has 0 spiro atoms. The highest BCUT2D eigenvalue weighted by Crippen LogP contribution is 2.39. The summed E-state index contributed by atoms with van der Waals surface area (Å²) in [6.07, 6.45) is 1.86. The van der Waals surface area contributed by atoms with E-state index in [4.69, 9.17) is 4.42 Å². The van der Waals surface area contributed by atoms with Crippen molar-refractivity contribution in [3.05, 3.63) is 35.1 Å². The number of aldehydes is 1. The summed E-state index contributed by atoms with van der Waals surface area (Å²) in [7, 11) is 0. The highest BCUT2D eigenvalue weighted by Gasteiger charge is 2.55. The zero-order valence-electron chi connectivity index (χ0n) is 11.7. The summed E-state index contributed by atoms with van der Waals surface area (Å²) < 4.78 is 5.06. The van der Waals surface area contributed by atoms with Crippen LogP contribution in [0.1, 0.15) is 5.76 Å². The van der Waals surface area contributed by atoms with Crippen molar-refractivity contribution in [3.63, 3.8) is 0 Å². The van der Waals surface area contributed by atoms with E-state index < -0.39 is 35.2 Å². The van der Waals surface area contributed by atoms with E-state index in [0.717, 1.165) is 16.7 Å². The average Bonchev–Trinajstić information content (AvgIpc) is 3.03. The van der Waals surface area contributed by atoms with Gasteiger partial charge in [-0.25, -0.2) is 4.79 Å². The number of hydrogen-bond donors (Lipinski definition) is 2. The Morgan fingerprint density at radius 2 is 2.26 bits per heavy atom. The number of β-lactam (4-membered cyclic amide) rings is 1. The second-order valence-electron chi connectivity index (χ2n) is 5.05. The van der Waals surface area contributed by atoms with Gasteiger partial charge in [0.2, 0.25) is 11.8 Å². The largest absolute Gasteiger partial charge is 0.479 e. The van der Waals surface area contributed by atoms with Crippen molar-refractivity contribution < 1.29 is 28.7 Å². The van der Waals surface area contributed by atoms with Gasteiger partial charge in [-0.05, 0) is 17.5 Å². The van der Waals surface area contributed by atoms with Crippen LogP contribution in [0.5, 0.6) is 0 Å². The maximum absolute atomic E-state index is 12.2. The number of furan rings is 1. The molecule has 120 valence electrons. The lowest BCUT2D eigenvalue weighted by atomic mass is 9.98. The van der Waals surface area contributed by atoms with Gasteiger partial charge < -0.3 is 19.7 Å². The molecular formula is C14H12N2O6S. The first-order chi connectivity index (χ1) is 11.0. The third-order valence-corrected chi connectivity index (χ3v) is 4.81. The molecule has 3 rings (SSSR count). The summed E-state index contributed by atoms with van der Waals surface area (Å²) in [5, 5.41) is 12.7. The van der Waals surface area contributed by atoms with E-state index in [9.17, 15) is 24.3 Å². The maximum Gasteiger partial charge on any atom is 0.331 e. The van der Waals surface area contributed by atoms with E-state index in [1.165, 1.54) is 11.7 Å². The summed E-state index contributed by atoms with van der Waals surface area (Å²) in [5.74, 6) is -1.72. The Morgan fingerprint density at radius 1 is 1.48 bits per heavy atom. The van der Waals surface area contributed by atoms with E-state index in [2.05, 4.69) is 5.32 Å².